The first-order chi connectivity index (χ1) is 11.7. The summed E-state index contributed by atoms with van der Waals surface area (Å²) in [7, 11) is 3.28. The van der Waals surface area contributed by atoms with Gasteiger partial charge in [0.25, 0.3) is 0 Å². The first-order valence-electron chi connectivity index (χ1n) is 7.64. The van der Waals surface area contributed by atoms with Crippen LogP contribution in [0.4, 0.5) is 0 Å². The van der Waals surface area contributed by atoms with E-state index < -0.39 is 0 Å². The van der Waals surface area contributed by atoms with Crippen LogP contribution in [0.5, 0.6) is 5.75 Å². The van der Waals surface area contributed by atoms with Gasteiger partial charge in [-0.05, 0) is 17.7 Å². The molecule has 1 atom stereocenters. The van der Waals surface area contributed by atoms with E-state index >= 15 is 0 Å². The Kier molecular flexibility index (Phi) is 5.37. The second kappa shape index (κ2) is 7.67. The fourth-order valence-electron chi connectivity index (χ4n) is 2.59. The van der Waals surface area contributed by atoms with Crippen LogP contribution in [0.15, 0.2) is 30.5 Å². The van der Waals surface area contributed by atoms with Crippen molar-refractivity contribution in [3.8, 4) is 5.75 Å². The van der Waals surface area contributed by atoms with Gasteiger partial charge in [-0.2, -0.15) is 0 Å². The molecule has 1 aromatic heterocycles. The van der Waals surface area contributed by atoms with Crippen LogP contribution >= 0.6 is 11.8 Å². The molecule has 7 nitrogen and oxygen atoms in total. The van der Waals surface area contributed by atoms with Gasteiger partial charge >= 0.3 is 0 Å². The molecule has 0 aliphatic carbocycles. The number of thioether (sulfide) groups is 1. The Morgan fingerprint density at radius 3 is 3.04 bits per heavy atom. The molecule has 24 heavy (non-hydrogen) atoms. The lowest BCUT2D eigenvalue weighted by atomic mass is 10.2. The molecule has 0 saturated carbocycles. The number of carbonyl (C=O) groups excluding carboxylic acids is 1. The van der Waals surface area contributed by atoms with Gasteiger partial charge in [-0.1, -0.05) is 17.3 Å². The average molecular weight is 348 g/mol. The van der Waals surface area contributed by atoms with Gasteiger partial charge in [-0.3, -0.25) is 4.79 Å². The van der Waals surface area contributed by atoms with Crippen molar-refractivity contribution in [3.05, 3.63) is 41.7 Å². The lowest BCUT2D eigenvalue weighted by Gasteiger charge is -2.21. The standard InChI is InChI=1S/C16H20N4O3S/c1-22-7-6-20-15(21)11-24-16(20)14-10-19(18-17-14)9-12-4-3-5-13(8-12)23-2/h3-5,8,10,16H,6-7,9,11H2,1-2H3/t16-/m0/s1. The van der Waals surface area contributed by atoms with Gasteiger partial charge in [0.1, 0.15) is 16.8 Å². The Morgan fingerprint density at radius 1 is 1.38 bits per heavy atom. The van der Waals surface area contributed by atoms with E-state index in [1.165, 1.54) is 0 Å². The van der Waals surface area contributed by atoms with Gasteiger partial charge in [0.05, 0.1) is 32.2 Å². The minimum Gasteiger partial charge on any atom is -0.497 e. The highest BCUT2D eigenvalue weighted by Crippen LogP contribution is 2.37. The molecule has 2 heterocycles. The van der Waals surface area contributed by atoms with Gasteiger partial charge in [-0.15, -0.1) is 16.9 Å². The Bertz CT molecular complexity index is 706. The van der Waals surface area contributed by atoms with Crippen LogP contribution in [0, 0.1) is 0 Å². The molecular formula is C16H20N4O3S. The van der Waals surface area contributed by atoms with Gasteiger partial charge in [0, 0.05) is 13.7 Å². The van der Waals surface area contributed by atoms with Crippen molar-refractivity contribution >= 4 is 17.7 Å². The number of nitrogens with zero attached hydrogens (tertiary/aromatic N) is 4. The quantitative estimate of drug-likeness (QED) is 0.756. The first kappa shape index (κ1) is 16.8. The van der Waals surface area contributed by atoms with Crippen molar-refractivity contribution in [1.82, 2.24) is 19.9 Å². The van der Waals surface area contributed by atoms with Crippen molar-refractivity contribution in [1.29, 1.82) is 0 Å². The molecule has 0 spiro atoms. The normalized spacial score (nSPS) is 17.5. The topological polar surface area (TPSA) is 69.5 Å². The van der Waals surface area contributed by atoms with Gasteiger partial charge in [0.2, 0.25) is 5.91 Å². The molecule has 0 N–H and O–H groups in total. The maximum absolute atomic E-state index is 12.0. The molecule has 1 aliphatic heterocycles. The number of amides is 1. The van der Waals surface area contributed by atoms with Gasteiger partial charge < -0.3 is 14.4 Å². The number of aromatic nitrogens is 3. The SMILES string of the molecule is COCCN1C(=O)CS[C@H]1c1cn(Cc2cccc(OC)c2)nn1. The first-order valence-corrected chi connectivity index (χ1v) is 8.69. The molecule has 2 aromatic rings. The van der Waals surface area contributed by atoms with Crippen molar-refractivity contribution in [3.63, 3.8) is 0 Å². The van der Waals surface area contributed by atoms with Crippen LogP contribution in [0.25, 0.3) is 0 Å². The van der Waals surface area contributed by atoms with Crippen LogP contribution in [0.1, 0.15) is 16.6 Å². The van der Waals surface area contributed by atoms with Gasteiger partial charge in [0.15, 0.2) is 0 Å². The van der Waals surface area contributed by atoms with E-state index in [1.54, 1.807) is 35.6 Å². The molecule has 0 unspecified atom stereocenters. The maximum atomic E-state index is 12.0. The number of rotatable bonds is 7. The Balaban J connectivity index is 1.71. The predicted octanol–water partition coefficient (Wildman–Crippen LogP) is 1.56. The number of carbonyl (C=O) groups is 1. The van der Waals surface area contributed by atoms with E-state index in [0.717, 1.165) is 17.0 Å². The summed E-state index contributed by atoms with van der Waals surface area (Å²) in [5, 5.41) is 8.36. The van der Waals surface area contributed by atoms with Crippen molar-refractivity contribution in [2.45, 2.75) is 11.9 Å². The van der Waals surface area contributed by atoms with Crippen molar-refractivity contribution in [2.75, 3.05) is 33.1 Å². The smallest absolute Gasteiger partial charge is 0.233 e. The third kappa shape index (κ3) is 3.70. The highest BCUT2D eigenvalue weighted by Gasteiger charge is 2.34. The van der Waals surface area contributed by atoms with E-state index in [9.17, 15) is 4.79 Å². The second-order valence-electron chi connectivity index (χ2n) is 5.44. The Hall–Kier alpha value is -2.06. The summed E-state index contributed by atoms with van der Waals surface area (Å²) in [4.78, 5) is 13.8. The van der Waals surface area contributed by atoms with Crippen LogP contribution in [-0.4, -0.2) is 58.9 Å². The van der Waals surface area contributed by atoms with Gasteiger partial charge in [-0.25, -0.2) is 4.68 Å². The van der Waals surface area contributed by atoms with Crippen LogP contribution in [-0.2, 0) is 16.1 Å². The van der Waals surface area contributed by atoms with Crippen LogP contribution in [0.2, 0.25) is 0 Å². The van der Waals surface area contributed by atoms with E-state index in [2.05, 4.69) is 10.3 Å². The van der Waals surface area contributed by atoms with Crippen LogP contribution < -0.4 is 4.74 Å². The summed E-state index contributed by atoms with van der Waals surface area (Å²) < 4.78 is 12.1. The third-order valence-electron chi connectivity index (χ3n) is 3.79. The van der Waals surface area contributed by atoms with Crippen LogP contribution in [0.3, 0.4) is 0 Å². The molecule has 1 saturated heterocycles. The summed E-state index contributed by atoms with van der Waals surface area (Å²) in [6, 6.07) is 7.84. The summed E-state index contributed by atoms with van der Waals surface area (Å²) >= 11 is 1.57. The predicted molar refractivity (Wildman–Crippen MR) is 90.9 cm³/mol. The van der Waals surface area contributed by atoms with Crippen molar-refractivity contribution < 1.29 is 14.3 Å². The molecule has 1 aromatic carbocycles. The molecule has 1 fully saturated rings. The summed E-state index contributed by atoms with van der Waals surface area (Å²) in [6.45, 7) is 1.68. The molecule has 1 amide bonds. The lowest BCUT2D eigenvalue weighted by molar-refractivity contribution is -0.128. The molecule has 3 rings (SSSR count). The molecular weight excluding hydrogens is 328 g/mol. The number of methoxy groups -OCH3 is 2. The average Bonchev–Trinajstić information content (AvgIpc) is 3.19. The largest absolute Gasteiger partial charge is 0.497 e. The zero-order chi connectivity index (χ0) is 16.9. The number of hydrogen-bond donors (Lipinski definition) is 0. The monoisotopic (exact) mass is 348 g/mol. The maximum Gasteiger partial charge on any atom is 0.233 e. The highest BCUT2D eigenvalue weighted by atomic mass is 32.2. The Labute approximate surface area is 144 Å². The van der Waals surface area contributed by atoms with E-state index in [1.807, 2.05) is 30.5 Å². The Morgan fingerprint density at radius 2 is 2.25 bits per heavy atom. The molecule has 8 heteroatoms. The highest BCUT2D eigenvalue weighted by molar-refractivity contribution is 8.00. The summed E-state index contributed by atoms with van der Waals surface area (Å²) in [5.74, 6) is 1.40. The zero-order valence-electron chi connectivity index (χ0n) is 13.7. The molecule has 0 bridgehead atoms. The van der Waals surface area contributed by atoms with E-state index in [4.69, 9.17) is 9.47 Å². The molecule has 1 aliphatic rings. The minimum atomic E-state index is -0.0910. The molecule has 128 valence electrons. The number of benzene rings is 1. The second-order valence-corrected chi connectivity index (χ2v) is 6.50. The lowest BCUT2D eigenvalue weighted by Crippen LogP contribution is -2.31. The number of hydrogen-bond acceptors (Lipinski definition) is 6. The summed E-state index contributed by atoms with van der Waals surface area (Å²) in [5.41, 5.74) is 1.88. The zero-order valence-corrected chi connectivity index (χ0v) is 14.5. The molecule has 0 radical (unpaired) electrons. The van der Waals surface area contributed by atoms with E-state index in [0.29, 0.717) is 25.4 Å². The van der Waals surface area contributed by atoms with Crippen molar-refractivity contribution in [2.24, 2.45) is 0 Å². The third-order valence-corrected chi connectivity index (χ3v) is 5.02. The fourth-order valence-corrected chi connectivity index (χ4v) is 3.74. The fraction of sp³-hybridized carbons (Fsp3) is 0.438. The van der Waals surface area contributed by atoms with E-state index in [-0.39, 0.29) is 11.3 Å². The minimum absolute atomic E-state index is 0.0910. The number of ether oxygens (including phenoxy) is 2. The summed E-state index contributed by atoms with van der Waals surface area (Å²) in [6.07, 6.45) is 1.90.